The third kappa shape index (κ3) is 5.89. The van der Waals surface area contributed by atoms with Gasteiger partial charge in [-0.05, 0) is 18.4 Å². The van der Waals surface area contributed by atoms with Crippen LogP contribution in [-0.4, -0.2) is 36.2 Å². The average molecular weight is 343 g/mol. The van der Waals surface area contributed by atoms with Crippen LogP contribution < -0.4 is 10.6 Å². The second-order valence-electron chi connectivity index (χ2n) is 6.64. The van der Waals surface area contributed by atoms with Gasteiger partial charge in [-0.15, -0.1) is 0 Å². The molecule has 0 saturated carbocycles. The van der Waals surface area contributed by atoms with Crippen molar-refractivity contribution in [3.05, 3.63) is 47.1 Å². The maximum atomic E-state index is 5.25. The van der Waals surface area contributed by atoms with Crippen molar-refractivity contribution in [3.63, 3.8) is 0 Å². The molecule has 6 heteroatoms. The lowest BCUT2D eigenvalue weighted by Crippen LogP contribution is -2.39. The van der Waals surface area contributed by atoms with Crippen LogP contribution in [0.5, 0.6) is 0 Å². The fourth-order valence-corrected chi connectivity index (χ4v) is 2.38. The summed E-state index contributed by atoms with van der Waals surface area (Å²) >= 11 is 0. The summed E-state index contributed by atoms with van der Waals surface area (Å²) in [5, 5.41) is 10.6. The summed E-state index contributed by atoms with van der Waals surface area (Å²) in [6.45, 7) is 9.92. The van der Waals surface area contributed by atoms with Crippen LogP contribution in [0.25, 0.3) is 0 Å². The van der Waals surface area contributed by atoms with Crippen LogP contribution in [0.2, 0.25) is 0 Å². The maximum absolute atomic E-state index is 5.25. The van der Waals surface area contributed by atoms with Gasteiger partial charge in [-0.3, -0.25) is 4.99 Å². The molecular formula is C19H29N5O. The lowest BCUT2D eigenvalue weighted by molar-refractivity contribution is 0.371. The molecule has 1 atom stereocenters. The number of hydrogen-bond acceptors (Lipinski definition) is 4. The fourth-order valence-electron chi connectivity index (χ4n) is 2.38. The average Bonchev–Trinajstić information content (AvgIpc) is 3.07. The van der Waals surface area contributed by atoms with Crippen molar-refractivity contribution in [1.82, 2.24) is 20.8 Å². The molecule has 1 unspecified atom stereocenters. The second kappa shape index (κ2) is 9.20. The number of hydrogen-bond donors (Lipinski definition) is 2. The first-order valence-electron chi connectivity index (χ1n) is 8.83. The Morgan fingerprint density at radius 1 is 1.16 bits per heavy atom. The SMILES string of the molecule is CN=C(NCCc1nc(C(C)C)no1)NCC(C)c1ccc(C)cc1. The number of aromatic nitrogens is 2. The molecule has 2 aromatic rings. The van der Waals surface area contributed by atoms with Crippen molar-refractivity contribution in [2.24, 2.45) is 4.99 Å². The molecule has 2 N–H and O–H groups in total. The number of nitrogens with one attached hydrogen (secondary N) is 2. The molecule has 6 nitrogen and oxygen atoms in total. The molecule has 136 valence electrons. The van der Waals surface area contributed by atoms with Gasteiger partial charge in [-0.1, -0.05) is 55.8 Å². The minimum absolute atomic E-state index is 0.281. The van der Waals surface area contributed by atoms with Crippen LogP contribution in [-0.2, 0) is 6.42 Å². The molecular weight excluding hydrogens is 314 g/mol. The summed E-state index contributed by atoms with van der Waals surface area (Å²) in [7, 11) is 1.77. The van der Waals surface area contributed by atoms with E-state index in [2.05, 4.69) is 63.9 Å². The maximum Gasteiger partial charge on any atom is 0.228 e. The highest BCUT2D eigenvalue weighted by Crippen LogP contribution is 2.14. The van der Waals surface area contributed by atoms with E-state index in [0.717, 1.165) is 18.3 Å². The molecule has 2 rings (SSSR count). The van der Waals surface area contributed by atoms with Gasteiger partial charge in [-0.2, -0.15) is 4.98 Å². The molecule has 1 heterocycles. The van der Waals surface area contributed by atoms with E-state index in [-0.39, 0.29) is 5.92 Å². The smallest absolute Gasteiger partial charge is 0.228 e. The van der Waals surface area contributed by atoms with E-state index < -0.39 is 0 Å². The molecule has 1 aromatic carbocycles. The Morgan fingerprint density at radius 2 is 1.88 bits per heavy atom. The molecule has 0 saturated heterocycles. The largest absolute Gasteiger partial charge is 0.356 e. The Labute approximate surface area is 150 Å². The van der Waals surface area contributed by atoms with E-state index in [4.69, 9.17) is 4.52 Å². The van der Waals surface area contributed by atoms with Crippen LogP contribution >= 0.6 is 0 Å². The van der Waals surface area contributed by atoms with E-state index >= 15 is 0 Å². The molecule has 0 amide bonds. The van der Waals surface area contributed by atoms with Crippen molar-refractivity contribution < 1.29 is 4.52 Å². The van der Waals surface area contributed by atoms with Crippen molar-refractivity contribution in [2.45, 2.75) is 46.0 Å². The number of aliphatic imine (C=N–C) groups is 1. The number of guanidine groups is 1. The predicted octanol–water partition coefficient (Wildman–Crippen LogP) is 3.01. The van der Waals surface area contributed by atoms with Crippen LogP contribution in [0.1, 0.15) is 55.4 Å². The van der Waals surface area contributed by atoms with Gasteiger partial charge >= 0.3 is 0 Å². The summed E-state index contributed by atoms with van der Waals surface area (Å²) in [6, 6.07) is 8.66. The molecule has 0 fully saturated rings. The number of aryl methyl sites for hydroxylation is 1. The summed E-state index contributed by atoms with van der Waals surface area (Å²) in [4.78, 5) is 8.64. The zero-order valence-electron chi connectivity index (χ0n) is 15.8. The molecule has 0 radical (unpaired) electrons. The lowest BCUT2D eigenvalue weighted by atomic mass is 10.0. The highest BCUT2D eigenvalue weighted by atomic mass is 16.5. The Hall–Kier alpha value is -2.37. The normalized spacial score (nSPS) is 13.1. The summed E-state index contributed by atoms with van der Waals surface area (Å²) in [5.74, 6) is 2.87. The van der Waals surface area contributed by atoms with E-state index in [0.29, 0.717) is 24.8 Å². The standard InChI is InChI=1S/C19H29N5O/c1-13(2)18-23-17(25-24-18)10-11-21-19(20-5)22-12-15(4)16-8-6-14(3)7-9-16/h6-9,13,15H,10-12H2,1-5H3,(H2,20,21,22). The Balaban J connectivity index is 1.75. The quantitative estimate of drug-likeness (QED) is 0.597. The molecule has 0 aliphatic carbocycles. The molecule has 0 bridgehead atoms. The summed E-state index contributed by atoms with van der Waals surface area (Å²) in [5.41, 5.74) is 2.60. The summed E-state index contributed by atoms with van der Waals surface area (Å²) in [6.07, 6.45) is 0.675. The zero-order valence-corrected chi connectivity index (χ0v) is 15.8. The number of benzene rings is 1. The molecule has 0 spiro atoms. The second-order valence-corrected chi connectivity index (χ2v) is 6.64. The summed E-state index contributed by atoms with van der Waals surface area (Å²) < 4.78 is 5.25. The van der Waals surface area contributed by atoms with Crippen molar-refractivity contribution in [1.29, 1.82) is 0 Å². The van der Waals surface area contributed by atoms with E-state index in [1.807, 2.05) is 13.8 Å². The predicted molar refractivity (Wildman–Crippen MR) is 101 cm³/mol. The third-order valence-corrected chi connectivity index (χ3v) is 4.08. The van der Waals surface area contributed by atoms with Crippen LogP contribution in [0, 0.1) is 6.92 Å². The van der Waals surface area contributed by atoms with Gasteiger partial charge in [0.05, 0.1) is 0 Å². The fraction of sp³-hybridized carbons (Fsp3) is 0.526. The van der Waals surface area contributed by atoms with Crippen molar-refractivity contribution in [3.8, 4) is 0 Å². The number of nitrogens with zero attached hydrogens (tertiary/aromatic N) is 3. The van der Waals surface area contributed by atoms with E-state index in [1.54, 1.807) is 7.05 Å². The van der Waals surface area contributed by atoms with Gasteiger partial charge in [0.2, 0.25) is 5.89 Å². The number of rotatable bonds is 7. The van der Waals surface area contributed by atoms with Gasteiger partial charge < -0.3 is 15.2 Å². The highest BCUT2D eigenvalue weighted by molar-refractivity contribution is 5.79. The molecule has 25 heavy (non-hydrogen) atoms. The van der Waals surface area contributed by atoms with Crippen molar-refractivity contribution in [2.75, 3.05) is 20.1 Å². The minimum Gasteiger partial charge on any atom is -0.356 e. The van der Waals surface area contributed by atoms with Gasteiger partial charge in [0.1, 0.15) is 0 Å². The Bertz CT molecular complexity index is 675. The van der Waals surface area contributed by atoms with Crippen LogP contribution in [0.15, 0.2) is 33.8 Å². The first-order valence-corrected chi connectivity index (χ1v) is 8.83. The van der Waals surface area contributed by atoms with Gasteiger partial charge in [-0.25, -0.2) is 0 Å². The molecule has 1 aromatic heterocycles. The van der Waals surface area contributed by atoms with E-state index in [9.17, 15) is 0 Å². The third-order valence-electron chi connectivity index (χ3n) is 4.08. The zero-order chi connectivity index (χ0) is 18.2. The first-order chi connectivity index (χ1) is 12.0. The van der Waals surface area contributed by atoms with E-state index in [1.165, 1.54) is 11.1 Å². The first kappa shape index (κ1) is 19.0. The van der Waals surface area contributed by atoms with Gasteiger partial charge in [0, 0.05) is 32.5 Å². The van der Waals surface area contributed by atoms with Crippen LogP contribution in [0.3, 0.4) is 0 Å². The minimum atomic E-state index is 0.281. The van der Waals surface area contributed by atoms with Crippen molar-refractivity contribution >= 4 is 5.96 Å². The Morgan fingerprint density at radius 3 is 2.48 bits per heavy atom. The highest BCUT2D eigenvalue weighted by Gasteiger charge is 2.10. The molecule has 0 aliphatic rings. The lowest BCUT2D eigenvalue weighted by Gasteiger charge is -2.16. The van der Waals surface area contributed by atoms with Gasteiger partial charge in [0.25, 0.3) is 0 Å². The Kier molecular flexibility index (Phi) is 6.98. The topological polar surface area (TPSA) is 75.3 Å². The van der Waals surface area contributed by atoms with Gasteiger partial charge in [0.15, 0.2) is 11.8 Å². The monoisotopic (exact) mass is 343 g/mol. The molecule has 0 aliphatic heterocycles. The van der Waals surface area contributed by atoms with Crippen LogP contribution in [0.4, 0.5) is 0 Å².